The van der Waals surface area contributed by atoms with Crippen LogP contribution in [0, 0.1) is 5.92 Å². The second-order valence-corrected chi connectivity index (χ2v) is 6.04. The average Bonchev–Trinajstić information content (AvgIpc) is 2.51. The summed E-state index contributed by atoms with van der Waals surface area (Å²) < 4.78 is 5.04. The zero-order valence-electron chi connectivity index (χ0n) is 14.6. The number of piperazine rings is 1. The molecule has 1 aliphatic heterocycles. The molecule has 0 saturated carbocycles. The summed E-state index contributed by atoms with van der Waals surface area (Å²) in [5, 5.41) is 3.42. The molecule has 1 saturated heterocycles. The Labute approximate surface area is 134 Å². The van der Waals surface area contributed by atoms with E-state index in [2.05, 4.69) is 29.1 Å². The summed E-state index contributed by atoms with van der Waals surface area (Å²) in [6, 6.07) is 0. The predicted octanol–water partition coefficient (Wildman–Crippen LogP) is 2.16. The fourth-order valence-electron chi connectivity index (χ4n) is 2.53. The summed E-state index contributed by atoms with van der Waals surface area (Å²) in [5.41, 5.74) is 0. The third-order valence-corrected chi connectivity index (χ3v) is 3.81. The number of nitrogens with one attached hydrogen (secondary N) is 1. The predicted molar refractivity (Wildman–Crippen MR) is 90.2 cm³/mol. The first-order valence-electron chi connectivity index (χ1n) is 8.45. The molecule has 0 aliphatic carbocycles. The Morgan fingerprint density at radius 3 is 2.36 bits per heavy atom. The second kappa shape index (κ2) is 10.3. The lowest BCUT2D eigenvalue weighted by Gasteiger charge is -2.35. The van der Waals surface area contributed by atoms with Gasteiger partial charge in [0.2, 0.25) is 0 Å². The van der Waals surface area contributed by atoms with Gasteiger partial charge in [0.15, 0.2) is 5.96 Å². The zero-order chi connectivity index (χ0) is 16.4. The topological polar surface area (TPSA) is 57.2 Å². The zero-order valence-corrected chi connectivity index (χ0v) is 14.6. The van der Waals surface area contributed by atoms with E-state index in [-0.39, 0.29) is 6.09 Å². The van der Waals surface area contributed by atoms with Gasteiger partial charge < -0.3 is 19.9 Å². The van der Waals surface area contributed by atoms with Crippen molar-refractivity contribution in [2.45, 2.75) is 40.0 Å². The van der Waals surface area contributed by atoms with Crippen LogP contribution < -0.4 is 5.32 Å². The molecule has 1 heterocycles. The van der Waals surface area contributed by atoms with Crippen molar-refractivity contribution < 1.29 is 9.53 Å². The highest BCUT2D eigenvalue weighted by Gasteiger charge is 2.23. The van der Waals surface area contributed by atoms with Gasteiger partial charge >= 0.3 is 6.09 Å². The number of ether oxygens (including phenoxy) is 1. The number of nitrogens with zero attached hydrogens (tertiary/aromatic N) is 3. The number of rotatable bonds is 6. The van der Waals surface area contributed by atoms with Crippen LogP contribution in [-0.2, 0) is 4.74 Å². The lowest BCUT2D eigenvalue weighted by Crippen LogP contribution is -2.54. The molecular weight excluding hydrogens is 280 g/mol. The summed E-state index contributed by atoms with van der Waals surface area (Å²) in [4.78, 5) is 20.0. The van der Waals surface area contributed by atoms with Crippen LogP contribution in [0.15, 0.2) is 4.99 Å². The quantitative estimate of drug-likeness (QED) is 0.464. The minimum absolute atomic E-state index is 0.209. The monoisotopic (exact) mass is 312 g/mol. The summed E-state index contributed by atoms with van der Waals surface area (Å²) in [5.74, 6) is 1.71. The van der Waals surface area contributed by atoms with E-state index in [0.717, 1.165) is 31.5 Å². The van der Waals surface area contributed by atoms with Gasteiger partial charge in [0.25, 0.3) is 0 Å². The Hall–Kier alpha value is -1.46. The van der Waals surface area contributed by atoms with E-state index in [0.29, 0.717) is 19.7 Å². The second-order valence-electron chi connectivity index (χ2n) is 6.04. The molecule has 0 aromatic carbocycles. The highest BCUT2D eigenvalue weighted by molar-refractivity contribution is 5.80. The molecule has 6 heteroatoms. The molecule has 0 aromatic heterocycles. The van der Waals surface area contributed by atoms with Crippen molar-refractivity contribution in [1.29, 1.82) is 0 Å². The summed E-state index contributed by atoms with van der Waals surface area (Å²) in [6.07, 6.45) is 3.48. The van der Waals surface area contributed by atoms with Crippen LogP contribution in [0.25, 0.3) is 0 Å². The summed E-state index contributed by atoms with van der Waals surface area (Å²) in [7, 11) is 1.81. The van der Waals surface area contributed by atoms with Gasteiger partial charge in [0, 0.05) is 39.8 Å². The van der Waals surface area contributed by atoms with Gasteiger partial charge in [-0.05, 0) is 19.3 Å². The van der Waals surface area contributed by atoms with E-state index in [1.54, 1.807) is 4.90 Å². The number of hydrogen-bond acceptors (Lipinski definition) is 3. The average molecular weight is 312 g/mol. The first-order chi connectivity index (χ1) is 10.6. The van der Waals surface area contributed by atoms with Gasteiger partial charge in [0.05, 0.1) is 6.61 Å². The molecule has 0 spiro atoms. The first kappa shape index (κ1) is 18.6. The number of guanidine groups is 1. The number of hydrogen-bond donors (Lipinski definition) is 1. The van der Waals surface area contributed by atoms with Crippen LogP contribution in [0.5, 0.6) is 0 Å². The van der Waals surface area contributed by atoms with E-state index in [1.807, 2.05) is 14.0 Å². The number of amides is 1. The number of unbranched alkanes of at least 4 members (excludes halogenated alkanes) is 1. The Morgan fingerprint density at radius 1 is 1.18 bits per heavy atom. The lowest BCUT2D eigenvalue weighted by molar-refractivity contribution is 0.0914. The molecule has 128 valence electrons. The molecule has 0 aromatic rings. The molecule has 0 radical (unpaired) electrons. The molecular formula is C16H32N4O2. The van der Waals surface area contributed by atoms with Crippen molar-refractivity contribution in [3.63, 3.8) is 0 Å². The maximum absolute atomic E-state index is 11.7. The largest absolute Gasteiger partial charge is 0.450 e. The SMILES string of the molecule is CCOC(=O)N1CCN(C(=NC)NCCCCC(C)C)CC1. The Morgan fingerprint density at radius 2 is 1.82 bits per heavy atom. The van der Waals surface area contributed by atoms with Crippen LogP contribution in [-0.4, -0.2) is 68.2 Å². The van der Waals surface area contributed by atoms with Gasteiger partial charge in [-0.1, -0.05) is 26.7 Å². The van der Waals surface area contributed by atoms with E-state index >= 15 is 0 Å². The molecule has 0 atom stereocenters. The number of carbonyl (C=O) groups is 1. The number of carbonyl (C=O) groups excluding carboxylic acids is 1. The van der Waals surface area contributed by atoms with Crippen LogP contribution >= 0.6 is 0 Å². The van der Waals surface area contributed by atoms with Gasteiger partial charge in [-0.25, -0.2) is 4.79 Å². The van der Waals surface area contributed by atoms with Gasteiger partial charge in [-0.15, -0.1) is 0 Å². The van der Waals surface area contributed by atoms with E-state index in [1.165, 1.54) is 19.3 Å². The molecule has 0 bridgehead atoms. The third-order valence-electron chi connectivity index (χ3n) is 3.81. The van der Waals surface area contributed by atoms with Gasteiger partial charge in [0.1, 0.15) is 0 Å². The molecule has 1 fully saturated rings. The smallest absolute Gasteiger partial charge is 0.409 e. The first-order valence-corrected chi connectivity index (χ1v) is 8.45. The van der Waals surface area contributed by atoms with Crippen LogP contribution in [0.4, 0.5) is 4.79 Å². The number of aliphatic imine (C=N–C) groups is 1. The Balaban J connectivity index is 2.27. The minimum atomic E-state index is -0.209. The third kappa shape index (κ3) is 6.54. The van der Waals surface area contributed by atoms with Crippen molar-refractivity contribution in [3.8, 4) is 0 Å². The van der Waals surface area contributed by atoms with Crippen molar-refractivity contribution in [2.24, 2.45) is 10.9 Å². The molecule has 1 amide bonds. The van der Waals surface area contributed by atoms with Gasteiger partial charge in [-0.2, -0.15) is 0 Å². The Kier molecular flexibility index (Phi) is 8.70. The molecule has 6 nitrogen and oxygen atoms in total. The van der Waals surface area contributed by atoms with E-state index in [9.17, 15) is 4.79 Å². The molecule has 1 rings (SSSR count). The highest BCUT2D eigenvalue weighted by atomic mass is 16.6. The fourth-order valence-corrected chi connectivity index (χ4v) is 2.53. The van der Waals surface area contributed by atoms with E-state index < -0.39 is 0 Å². The normalized spacial score (nSPS) is 16.1. The summed E-state index contributed by atoms with van der Waals surface area (Å²) in [6.45, 7) is 10.7. The Bertz CT molecular complexity index is 350. The summed E-state index contributed by atoms with van der Waals surface area (Å²) >= 11 is 0. The lowest BCUT2D eigenvalue weighted by atomic mass is 10.1. The van der Waals surface area contributed by atoms with Gasteiger partial charge in [-0.3, -0.25) is 4.99 Å². The van der Waals surface area contributed by atoms with Crippen molar-refractivity contribution >= 4 is 12.1 Å². The van der Waals surface area contributed by atoms with Crippen molar-refractivity contribution in [3.05, 3.63) is 0 Å². The highest BCUT2D eigenvalue weighted by Crippen LogP contribution is 2.06. The standard InChI is InChI=1S/C16H32N4O2/c1-5-22-16(21)20-12-10-19(11-13-20)15(17-4)18-9-7-6-8-14(2)3/h14H,5-13H2,1-4H3,(H,17,18). The van der Waals surface area contributed by atoms with Crippen LogP contribution in [0.1, 0.15) is 40.0 Å². The molecule has 22 heavy (non-hydrogen) atoms. The molecule has 1 aliphatic rings. The molecule has 1 N–H and O–H groups in total. The van der Waals surface area contributed by atoms with Crippen molar-refractivity contribution in [1.82, 2.24) is 15.1 Å². The fraction of sp³-hybridized carbons (Fsp3) is 0.875. The van der Waals surface area contributed by atoms with Crippen molar-refractivity contribution in [2.75, 3.05) is 46.4 Å². The minimum Gasteiger partial charge on any atom is -0.450 e. The maximum Gasteiger partial charge on any atom is 0.409 e. The molecule has 0 unspecified atom stereocenters. The maximum atomic E-state index is 11.7. The van der Waals surface area contributed by atoms with E-state index in [4.69, 9.17) is 4.74 Å². The van der Waals surface area contributed by atoms with Crippen LogP contribution in [0.3, 0.4) is 0 Å². The van der Waals surface area contributed by atoms with Crippen LogP contribution in [0.2, 0.25) is 0 Å².